The molecule has 0 bridgehead atoms. The third-order valence-electron chi connectivity index (χ3n) is 3.91. The lowest BCUT2D eigenvalue weighted by atomic mass is 9.77. The van der Waals surface area contributed by atoms with Crippen molar-refractivity contribution in [3.63, 3.8) is 0 Å². The minimum atomic E-state index is 0.200. The average molecular weight is 302 g/mol. The minimum Gasteiger partial charge on any atom is -0.323 e. The number of hydrogen-bond acceptors (Lipinski definition) is 2. The van der Waals surface area contributed by atoms with Crippen LogP contribution in [0.5, 0.6) is 0 Å². The van der Waals surface area contributed by atoms with E-state index in [9.17, 15) is 0 Å². The molecule has 90 valence electrons. The van der Waals surface area contributed by atoms with E-state index in [2.05, 4.69) is 42.8 Å². The smallest absolute Gasteiger partial charge is 0.0435 e. The van der Waals surface area contributed by atoms with E-state index in [1.165, 1.54) is 33.5 Å². The Morgan fingerprint density at radius 2 is 2.25 bits per heavy atom. The molecule has 2 atom stereocenters. The summed E-state index contributed by atoms with van der Waals surface area (Å²) >= 11 is 5.47. The fourth-order valence-corrected chi connectivity index (χ4v) is 4.91. The Morgan fingerprint density at radius 1 is 1.56 bits per heavy atom. The highest BCUT2D eigenvalue weighted by molar-refractivity contribution is 9.10. The zero-order valence-electron chi connectivity index (χ0n) is 10.2. The Balaban J connectivity index is 2.25. The number of rotatable bonds is 2. The first-order valence-electron chi connectivity index (χ1n) is 5.93. The van der Waals surface area contributed by atoms with Crippen molar-refractivity contribution in [2.24, 2.45) is 17.1 Å². The Hall–Kier alpha value is 0.140. The van der Waals surface area contributed by atoms with E-state index in [0.29, 0.717) is 11.3 Å². The van der Waals surface area contributed by atoms with E-state index in [1.54, 1.807) is 0 Å². The van der Waals surface area contributed by atoms with Crippen LogP contribution >= 0.6 is 27.3 Å². The van der Waals surface area contributed by atoms with Crippen LogP contribution in [0.1, 0.15) is 48.9 Å². The Labute approximate surface area is 111 Å². The van der Waals surface area contributed by atoms with Gasteiger partial charge in [-0.25, -0.2) is 0 Å². The molecule has 1 aromatic rings. The second-order valence-corrected chi connectivity index (χ2v) is 7.72. The zero-order valence-corrected chi connectivity index (χ0v) is 12.6. The van der Waals surface area contributed by atoms with Crippen LogP contribution in [-0.4, -0.2) is 0 Å². The van der Waals surface area contributed by atoms with Gasteiger partial charge in [0.2, 0.25) is 0 Å². The highest BCUT2D eigenvalue weighted by atomic mass is 79.9. The second kappa shape index (κ2) is 4.43. The molecule has 0 aromatic carbocycles. The number of aryl methyl sites for hydroxylation is 1. The molecule has 0 saturated heterocycles. The van der Waals surface area contributed by atoms with Crippen LogP contribution in [0.25, 0.3) is 0 Å². The molecule has 1 aromatic heterocycles. The van der Waals surface area contributed by atoms with E-state index in [1.807, 2.05) is 11.3 Å². The maximum absolute atomic E-state index is 6.47. The monoisotopic (exact) mass is 301 g/mol. The van der Waals surface area contributed by atoms with Gasteiger partial charge in [-0.15, -0.1) is 11.3 Å². The molecule has 1 aliphatic rings. The number of hydrogen-bond donors (Lipinski definition) is 1. The van der Waals surface area contributed by atoms with Crippen molar-refractivity contribution in [1.82, 2.24) is 0 Å². The Morgan fingerprint density at radius 3 is 2.69 bits per heavy atom. The first-order chi connectivity index (χ1) is 7.42. The molecule has 0 aliphatic heterocycles. The predicted octanol–water partition coefficient (Wildman–Crippen LogP) is 4.65. The largest absolute Gasteiger partial charge is 0.323 e. The minimum absolute atomic E-state index is 0.200. The summed E-state index contributed by atoms with van der Waals surface area (Å²) in [6, 6.07) is 2.38. The molecule has 16 heavy (non-hydrogen) atoms. The molecular weight excluding hydrogens is 282 g/mol. The van der Waals surface area contributed by atoms with Crippen molar-refractivity contribution in [3.05, 3.63) is 20.3 Å². The Kier molecular flexibility index (Phi) is 3.49. The van der Waals surface area contributed by atoms with Gasteiger partial charge in [-0.2, -0.15) is 0 Å². The Bertz CT molecular complexity index is 383. The fraction of sp³-hybridized carbons (Fsp3) is 0.692. The maximum atomic E-state index is 6.47. The van der Waals surface area contributed by atoms with Crippen molar-refractivity contribution in [3.8, 4) is 0 Å². The third-order valence-corrected chi connectivity index (χ3v) is 5.98. The summed E-state index contributed by atoms with van der Waals surface area (Å²) in [7, 11) is 0. The standard InChI is InChI=1S/C13H20BrNS/c1-8-7-10(14)12(16-8)11(15)9-5-4-6-13(9,2)3/h7,9,11H,4-6,15H2,1-3H3. The highest BCUT2D eigenvalue weighted by Crippen LogP contribution is 2.49. The van der Waals surface area contributed by atoms with Gasteiger partial charge in [-0.1, -0.05) is 20.3 Å². The van der Waals surface area contributed by atoms with Crippen LogP contribution < -0.4 is 5.73 Å². The molecule has 2 N–H and O–H groups in total. The first-order valence-corrected chi connectivity index (χ1v) is 7.54. The van der Waals surface area contributed by atoms with Gasteiger partial charge < -0.3 is 5.73 Å². The molecule has 0 spiro atoms. The molecule has 0 radical (unpaired) electrons. The van der Waals surface area contributed by atoms with Crippen LogP contribution in [-0.2, 0) is 0 Å². The van der Waals surface area contributed by atoms with E-state index >= 15 is 0 Å². The molecular formula is C13H20BrNS. The van der Waals surface area contributed by atoms with Crippen LogP contribution in [0.2, 0.25) is 0 Å². The molecule has 1 fully saturated rings. The summed E-state index contributed by atoms with van der Waals surface area (Å²) in [5.74, 6) is 0.627. The number of thiophene rings is 1. The average Bonchev–Trinajstić information content (AvgIpc) is 2.68. The number of halogens is 1. The zero-order chi connectivity index (χ0) is 11.9. The van der Waals surface area contributed by atoms with Gasteiger partial charge >= 0.3 is 0 Å². The van der Waals surface area contributed by atoms with Crippen molar-refractivity contribution >= 4 is 27.3 Å². The van der Waals surface area contributed by atoms with Crippen LogP contribution in [0.3, 0.4) is 0 Å². The van der Waals surface area contributed by atoms with E-state index in [4.69, 9.17) is 5.73 Å². The van der Waals surface area contributed by atoms with Gasteiger partial charge in [0, 0.05) is 20.3 Å². The van der Waals surface area contributed by atoms with Gasteiger partial charge in [0.15, 0.2) is 0 Å². The lowest BCUT2D eigenvalue weighted by Crippen LogP contribution is -2.29. The molecule has 0 amide bonds. The predicted molar refractivity (Wildman–Crippen MR) is 74.8 cm³/mol. The van der Waals surface area contributed by atoms with Gasteiger partial charge in [-0.3, -0.25) is 0 Å². The normalized spacial score (nSPS) is 25.9. The third kappa shape index (κ3) is 2.22. The SMILES string of the molecule is Cc1cc(Br)c(C(N)C2CCCC2(C)C)s1. The van der Waals surface area contributed by atoms with Crippen molar-refractivity contribution in [2.75, 3.05) is 0 Å². The van der Waals surface area contributed by atoms with Crippen molar-refractivity contribution < 1.29 is 0 Å². The van der Waals surface area contributed by atoms with Gasteiger partial charge in [0.05, 0.1) is 0 Å². The van der Waals surface area contributed by atoms with E-state index in [-0.39, 0.29) is 6.04 Å². The molecule has 1 saturated carbocycles. The topological polar surface area (TPSA) is 26.0 Å². The fourth-order valence-electron chi connectivity index (χ4n) is 2.93. The van der Waals surface area contributed by atoms with Crippen LogP contribution in [0.15, 0.2) is 10.5 Å². The van der Waals surface area contributed by atoms with E-state index in [0.717, 1.165) is 0 Å². The van der Waals surface area contributed by atoms with Gasteiger partial charge in [-0.05, 0) is 53.1 Å². The quantitative estimate of drug-likeness (QED) is 0.846. The number of nitrogens with two attached hydrogens (primary N) is 1. The maximum Gasteiger partial charge on any atom is 0.0435 e. The van der Waals surface area contributed by atoms with Crippen molar-refractivity contribution in [1.29, 1.82) is 0 Å². The molecule has 1 heterocycles. The molecule has 1 aliphatic carbocycles. The lowest BCUT2D eigenvalue weighted by Gasteiger charge is -2.31. The van der Waals surface area contributed by atoms with Crippen LogP contribution in [0, 0.1) is 18.3 Å². The summed E-state index contributed by atoms with van der Waals surface area (Å²) < 4.78 is 1.20. The molecule has 2 rings (SSSR count). The summed E-state index contributed by atoms with van der Waals surface area (Å²) in [6.07, 6.45) is 3.91. The highest BCUT2D eigenvalue weighted by Gasteiger charge is 2.39. The van der Waals surface area contributed by atoms with Gasteiger partial charge in [0.1, 0.15) is 0 Å². The lowest BCUT2D eigenvalue weighted by molar-refractivity contribution is 0.223. The van der Waals surface area contributed by atoms with Crippen molar-refractivity contribution in [2.45, 2.75) is 46.1 Å². The molecule has 1 nitrogen and oxygen atoms in total. The summed E-state index contributed by atoms with van der Waals surface area (Å²) in [5, 5.41) is 0. The van der Waals surface area contributed by atoms with Gasteiger partial charge in [0.25, 0.3) is 0 Å². The summed E-state index contributed by atoms with van der Waals surface area (Å²) in [5.41, 5.74) is 6.87. The summed E-state index contributed by atoms with van der Waals surface area (Å²) in [4.78, 5) is 2.67. The molecule has 2 unspecified atom stereocenters. The first kappa shape index (κ1) is 12.6. The molecule has 3 heteroatoms. The summed E-state index contributed by atoms with van der Waals surface area (Å²) in [6.45, 7) is 6.86. The van der Waals surface area contributed by atoms with E-state index < -0.39 is 0 Å². The van der Waals surface area contributed by atoms with Crippen LogP contribution in [0.4, 0.5) is 0 Å². The second-order valence-electron chi connectivity index (χ2n) is 5.58.